The number of hydrogen-bond acceptors (Lipinski definition) is 2. The summed E-state index contributed by atoms with van der Waals surface area (Å²) in [6.07, 6.45) is 2.51. The topological polar surface area (TPSA) is 37.4 Å². The Morgan fingerprint density at radius 1 is 0.931 bits per heavy atom. The van der Waals surface area contributed by atoms with Crippen LogP contribution in [0.3, 0.4) is 0 Å². The van der Waals surface area contributed by atoms with Crippen molar-refractivity contribution in [3.8, 4) is 0 Å². The molecule has 0 spiro atoms. The number of hydrogen-bond donors (Lipinski definition) is 0. The monoisotopic (exact) mass is 387 g/mol. The van der Waals surface area contributed by atoms with Crippen molar-refractivity contribution in [3.63, 3.8) is 0 Å². The van der Waals surface area contributed by atoms with Gasteiger partial charge < -0.3 is 0 Å². The van der Waals surface area contributed by atoms with Gasteiger partial charge in [0.1, 0.15) is 0 Å². The third-order valence-electron chi connectivity index (χ3n) is 6.43. The first-order chi connectivity index (χ1) is 13.9. The molecule has 4 rings (SSSR count). The molecule has 0 aromatic heterocycles. The molecule has 2 aliphatic rings. The quantitative estimate of drug-likeness (QED) is 0.652. The smallest absolute Gasteiger partial charge is 0.232 e. The summed E-state index contributed by atoms with van der Waals surface area (Å²) >= 11 is 0. The standard InChI is InChI=1S/C26H29NO2/c1-16(2)19-9-11-20(12-10-19)22-15-25(29)27(21-13-8-17(3)18(4)14-21)23-6-5-7-24(28)26(22)23/h8-14,16,22H,5-7,15H2,1-4H3. The molecule has 1 aliphatic heterocycles. The predicted molar refractivity (Wildman–Crippen MR) is 117 cm³/mol. The summed E-state index contributed by atoms with van der Waals surface area (Å²) in [6, 6.07) is 14.6. The zero-order valence-electron chi connectivity index (χ0n) is 17.8. The number of amides is 1. The first-order valence-electron chi connectivity index (χ1n) is 10.6. The second kappa shape index (κ2) is 7.62. The number of ketones is 1. The molecule has 3 nitrogen and oxygen atoms in total. The number of carbonyl (C=O) groups is 2. The lowest BCUT2D eigenvalue weighted by Crippen LogP contribution is -2.40. The highest BCUT2D eigenvalue weighted by Gasteiger charge is 2.39. The van der Waals surface area contributed by atoms with Gasteiger partial charge in [-0.1, -0.05) is 44.2 Å². The van der Waals surface area contributed by atoms with Crippen molar-refractivity contribution in [1.29, 1.82) is 0 Å². The maximum Gasteiger partial charge on any atom is 0.232 e. The van der Waals surface area contributed by atoms with Gasteiger partial charge in [0.05, 0.1) is 0 Å². The van der Waals surface area contributed by atoms with Gasteiger partial charge in [0.15, 0.2) is 5.78 Å². The number of anilines is 1. The Labute approximate surface area is 173 Å². The molecular formula is C26H29NO2. The molecule has 1 amide bonds. The van der Waals surface area contributed by atoms with Crippen molar-refractivity contribution in [2.24, 2.45) is 0 Å². The largest absolute Gasteiger partial charge is 0.294 e. The number of aryl methyl sites for hydroxylation is 2. The molecule has 1 atom stereocenters. The van der Waals surface area contributed by atoms with Gasteiger partial charge in [0, 0.05) is 35.7 Å². The Morgan fingerprint density at radius 2 is 1.66 bits per heavy atom. The molecular weight excluding hydrogens is 358 g/mol. The van der Waals surface area contributed by atoms with E-state index in [9.17, 15) is 9.59 Å². The Balaban J connectivity index is 1.81. The number of rotatable bonds is 3. The lowest BCUT2D eigenvalue weighted by atomic mass is 9.77. The van der Waals surface area contributed by atoms with E-state index in [0.717, 1.165) is 40.9 Å². The molecule has 29 heavy (non-hydrogen) atoms. The van der Waals surface area contributed by atoms with Gasteiger partial charge in [-0.3, -0.25) is 14.5 Å². The average Bonchev–Trinajstić information content (AvgIpc) is 2.70. The molecule has 1 unspecified atom stereocenters. The van der Waals surface area contributed by atoms with Crippen LogP contribution in [-0.4, -0.2) is 11.7 Å². The predicted octanol–water partition coefficient (Wildman–Crippen LogP) is 5.95. The van der Waals surface area contributed by atoms with Crippen LogP contribution in [0.5, 0.6) is 0 Å². The Bertz CT molecular complexity index is 998. The average molecular weight is 388 g/mol. The maximum atomic E-state index is 13.3. The lowest BCUT2D eigenvalue weighted by Gasteiger charge is -2.38. The van der Waals surface area contributed by atoms with Crippen molar-refractivity contribution >= 4 is 17.4 Å². The van der Waals surface area contributed by atoms with E-state index >= 15 is 0 Å². The molecule has 2 aromatic carbocycles. The fraction of sp³-hybridized carbons (Fsp3) is 0.385. The Hall–Kier alpha value is -2.68. The second-order valence-corrected chi connectivity index (χ2v) is 8.71. The van der Waals surface area contributed by atoms with E-state index in [1.54, 1.807) is 0 Å². The van der Waals surface area contributed by atoms with Crippen LogP contribution in [0.25, 0.3) is 0 Å². The van der Waals surface area contributed by atoms with Gasteiger partial charge in [-0.25, -0.2) is 0 Å². The van der Waals surface area contributed by atoms with Gasteiger partial charge in [-0.2, -0.15) is 0 Å². The van der Waals surface area contributed by atoms with Gasteiger partial charge in [0.25, 0.3) is 0 Å². The molecule has 1 aliphatic carbocycles. The zero-order valence-corrected chi connectivity index (χ0v) is 17.8. The normalized spacial score (nSPS) is 19.8. The minimum Gasteiger partial charge on any atom is -0.294 e. The van der Waals surface area contributed by atoms with E-state index in [0.29, 0.717) is 18.8 Å². The third kappa shape index (κ3) is 3.55. The van der Waals surface area contributed by atoms with E-state index in [2.05, 4.69) is 64.1 Å². The second-order valence-electron chi connectivity index (χ2n) is 8.71. The van der Waals surface area contributed by atoms with E-state index in [4.69, 9.17) is 0 Å². The van der Waals surface area contributed by atoms with Gasteiger partial charge in [-0.05, 0) is 67.0 Å². The van der Waals surface area contributed by atoms with Crippen LogP contribution >= 0.6 is 0 Å². The molecule has 0 bridgehead atoms. The highest BCUT2D eigenvalue weighted by atomic mass is 16.2. The van der Waals surface area contributed by atoms with Crippen molar-refractivity contribution in [1.82, 2.24) is 0 Å². The summed E-state index contributed by atoms with van der Waals surface area (Å²) in [5.41, 5.74) is 7.36. The van der Waals surface area contributed by atoms with Crippen LogP contribution in [0.15, 0.2) is 53.7 Å². The lowest BCUT2D eigenvalue weighted by molar-refractivity contribution is -0.119. The third-order valence-corrected chi connectivity index (χ3v) is 6.43. The van der Waals surface area contributed by atoms with Crippen LogP contribution in [0.1, 0.15) is 73.6 Å². The molecule has 3 heteroatoms. The molecule has 0 radical (unpaired) electrons. The van der Waals surface area contributed by atoms with E-state index < -0.39 is 0 Å². The molecule has 0 N–H and O–H groups in total. The van der Waals surface area contributed by atoms with Crippen molar-refractivity contribution < 1.29 is 9.59 Å². The molecule has 0 saturated carbocycles. The first-order valence-corrected chi connectivity index (χ1v) is 10.6. The highest BCUT2D eigenvalue weighted by molar-refractivity contribution is 6.07. The van der Waals surface area contributed by atoms with Crippen molar-refractivity contribution in [2.45, 2.75) is 65.2 Å². The van der Waals surface area contributed by atoms with E-state index in [-0.39, 0.29) is 17.6 Å². The van der Waals surface area contributed by atoms with Gasteiger partial charge in [-0.15, -0.1) is 0 Å². The Kier molecular flexibility index (Phi) is 5.16. The number of Topliss-reactive ketones (excluding diaryl/α,β-unsaturated/α-hetero) is 1. The van der Waals surface area contributed by atoms with Crippen LogP contribution in [0.4, 0.5) is 5.69 Å². The van der Waals surface area contributed by atoms with Gasteiger partial charge in [0.2, 0.25) is 5.91 Å². The van der Waals surface area contributed by atoms with Crippen LogP contribution in [0.2, 0.25) is 0 Å². The summed E-state index contributed by atoms with van der Waals surface area (Å²) in [5, 5.41) is 0. The molecule has 1 heterocycles. The summed E-state index contributed by atoms with van der Waals surface area (Å²) < 4.78 is 0. The summed E-state index contributed by atoms with van der Waals surface area (Å²) in [5.74, 6) is 0.614. The van der Waals surface area contributed by atoms with E-state index in [1.807, 2.05) is 11.0 Å². The summed E-state index contributed by atoms with van der Waals surface area (Å²) in [7, 11) is 0. The number of benzene rings is 2. The fourth-order valence-electron chi connectivity index (χ4n) is 4.56. The first kappa shape index (κ1) is 19.6. The van der Waals surface area contributed by atoms with Crippen LogP contribution in [-0.2, 0) is 9.59 Å². The van der Waals surface area contributed by atoms with E-state index in [1.165, 1.54) is 11.1 Å². The zero-order chi connectivity index (χ0) is 20.7. The Morgan fingerprint density at radius 3 is 2.31 bits per heavy atom. The van der Waals surface area contributed by atoms with Crippen LogP contribution in [0, 0.1) is 13.8 Å². The fourth-order valence-corrected chi connectivity index (χ4v) is 4.56. The molecule has 0 saturated heterocycles. The van der Waals surface area contributed by atoms with Crippen molar-refractivity contribution in [3.05, 3.63) is 76.0 Å². The molecule has 2 aromatic rings. The minimum absolute atomic E-state index is 0.0830. The maximum absolute atomic E-state index is 13.3. The van der Waals surface area contributed by atoms with Crippen molar-refractivity contribution in [2.75, 3.05) is 4.90 Å². The SMILES string of the molecule is Cc1ccc(N2C(=O)CC(c3ccc(C(C)C)cc3)C3=C2CCCC3=O)cc1C. The molecule has 150 valence electrons. The highest BCUT2D eigenvalue weighted by Crippen LogP contribution is 2.43. The minimum atomic E-state index is -0.130. The number of carbonyl (C=O) groups excluding carboxylic acids is 2. The number of nitrogens with zero attached hydrogens (tertiary/aromatic N) is 1. The van der Waals surface area contributed by atoms with Crippen LogP contribution < -0.4 is 4.90 Å². The summed E-state index contributed by atoms with van der Waals surface area (Å²) in [6.45, 7) is 8.48. The van der Waals surface area contributed by atoms with Gasteiger partial charge >= 0.3 is 0 Å². The number of allylic oxidation sites excluding steroid dienone is 2. The molecule has 0 fully saturated rings. The summed E-state index contributed by atoms with van der Waals surface area (Å²) in [4.78, 5) is 28.1.